The van der Waals surface area contributed by atoms with Gasteiger partial charge in [0.2, 0.25) is 0 Å². The molecule has 2 heterocycles. The van der Waals surface area contributed by atoms with Gasteiger partial charge in [-0.1, -0.05) is 20.8 Å². The summed E-state index contributed by atoms with van der Waals surface area (Å²) in [6, 6.07) is 0.664. The summed E-state index contributed by atoms with van der Waals surface area (Å²) >= 11 is 0. The maximum Gasteiger partial charge on any atom is 0.108 e. The van der Waals surface area contributed by atoms with Gasteiger partial charge < -0.3 is 9.88 Å². The van der Waals surface area contributed by atoms with E-state index in [1.54, 1.807) is 0 Å². The molecule has 2 atom stereocenters. The van der Waals surface area contributed by atoms with Gasteiger partial charge in [0.25, 0.3) is 0 Å². The highest BCUT2D eigenvalue weighted by molar-refractivity contribution is 4.97. The molecule has 1 aliphatic heterocycles. The third-order valence-corrected chi connectivity index (χ3v) is 3.96. The van der Waals surface area contributed by atoms with E-state index in [1.165, 1.54) is 18.7 Å². The Bertz CT molecular complexity index is 343. The van der Waals surface area contributed by atoms with Crippen molar-refractivity contribution in [1.82, 2.24) is 14.9 Å². The number of imidazole rings is 1. The fraction of sp³-hybridized carbons (Fsp3) is 0.786. The van der Waals surface area contributed by atoms with Gasteiger partial charge in [-0.25, -0.2) is 4.98 Å². The summed E-state index contributed by atoms with van der Waals surface area (Å²) in [6.45, 7) is 9.15. The minimum Gasteiger partial charge on any atom is -0.335 e. The zero-order valence-corrected chi connectivity index (χ0v) is 11.3. The van der Waals surface area contributed by atoms with Gasteiger partial charge in [0.1, 0.15) is 5.82 Å². The smallest absolute Gasteiger partial charge is 0.108 e. The van der Waals surface area contributed by atoms with Crippen molar-refractivity contribution in [3.63, 3.8) is 0 Å². The van der Waals surface area contributed by atoms with Crippen LogP contribution in [0.4, 0.5) is 0 Å². The van der Waals surface area contributed by atoms with Gasteiger partial charge in [0.05, 0.1) is 0 Å². The van der Waals surface area contributed by atoms with Crippen LogP contribution in [0, 0.1) is 11.8 Å². The minimum atomic E-state index is 0.664. The Morgan fingerprint density at radius 3 is 3.06 bits per heavy atom. The maximum atomic E-state index is 4.42. The van der Waals surface area contributed by atoms with E-state index in [0.717, 1.165) is 31.3 Å². The predicted molar refractivity (Wildman–Crippen MR) is 71.0 cm³/mol. The van der Waals surface area contributed by atoms with Crippen LogP contribution in [0.15, 0.2) is 12.4 Å². The number of nitrogens with one attached hydrogen (secondary N) is 1. The molecule has 0 radical (unpaired) electrons. The van der Waals surface area contributed by atoms with Gasteiger partial charge >= 0.3 is 0 Å². The molecular formula is C14H25N3. The average molecular weight is 235 g/mol. The predicted octanol–water partition coefficient (Wildman–Crippen LogP) is 2.47. The van der Waals surface area contributed by atoms with Crippen LogP contribution >= 0.6 is 0 Å². The molecule has 0 saturated carbocycles. The minimum absolute atomic E-state index is 0.664. The number of nitrogens with zero attached hydrogens (tertiary/aromatic N) is 2. The van der Waals surface area contributed by atoms with E-state index >= 15 is 0 Å². The largest absolute Gasteiger partial charge is 0.335 e. The standard InChI is InChI=1S/C14H25N3/c1-4-13(11(2)3)16-10-12-5-7-17-8-6-15-14(17)9-12/h6,8,11-13,16H,4-5,7,9-10H2,1-3H3. The van der Waals surface area contributed by atoms with Gasteiger partial charge in [-0.05, 0) is 31.2 Å². The fourth-order valence-corrected chi connectivity index (χ4v) is 2.76. The van der Waals surface area contributed by atoms with E-state index in [2.05, 4.69) is 41.8 Å². The molecule has 0 spiro atoms. The van der Waals surface area contributed by atoms with E-state index in [4.69, 9.17) is 0 Å². The summed E-state index contributed by atoms with van der Waals surface area (Å²) in [4.78, 5) is 4.42. The summed E-state index contributed by atoms with van der Waals surface area (Å²) in [6.07, 6.45) is 7.66. The first kappa shape index (κ1) is 12.6. The van der Waals surface area contributed by atoms with Crippen molar-refractivity contribution in [3.05, 3.63) is 18.2 Å². The van der Waals surface area contributed by atoms with Crippen molar-refractivity contribution in [2.45, 2.75) is 52.6 Å². The molecule has 0 aliphatic carbocycles. The highest BCUT2D eigenvalue weighted by Crippen LogP contribution is 2.19. The zero-order valence-electron chi connectivity index (χ0n) is 11.3. The van der Waals surface area contributed by atoms with E-state index in [0.29, 0.717) is 6.04 Å². The van der Waals surface area contributed by atoms with Crippen LogP contribution in [-0.4, -0.2) is 22.1 Å². The lowest BCUT2D eigenvalue weighted by atomic mass is 9.95. The van der Waals surface area contributed by atoms with Crippen molar-refractivity contribution in [1.29, 1.82) is 0 Å². The summed E-state index contributed by atoms with van der Waals surface area (Å²) in [5.41, 5.74) is 0. The molecule has 2 rings (SSSR count). The highest BCUT2D eigenvalue weighted by Gasteiger charge is 2.20. The van der Waals surface area contributed by atoms with Crippen molar-refractivity contribution in [3.8, 4) is 0 Å². The second-order valence-electron chi connectivity index (χ2n) is 5.56. The van der Waals surface area contributed by atoms with Crippen molar-refractivity contribution < 1.29 is 0 Å². The molecule has 1 aliphatic rings. The van der Waals surface area contributed by atoms with Crippen LogP contribution in [0.1, 0.15) is 39.4 Å². The maximum absolute atomic E-state index is 4.42. The summed E-state index contributed by atoms with van der Waals surface area (Å²) in [5.74, 6) is 2.75. The first-order valence-corrected chi connectivity index (χ1v) is 6.94. The average Bonchev–Trinajstić information content (AvgIpc) is 2.76. The quantitative estimate of drug-likeness (QED) is 0.849. The second-order valence-corrected chi connectivity index (χ2v) is 5.56. The molecule has 1 aromatic rings. The SMILES string of the molecule is CCC(NCC1CCn2ccnc2C1)C(C)C. The number of rotatable bonds is 5. The monoisotopic (exact) mass is 235 g/mol. The Kier molecular flexibility index (Phi) is 4.21. The molecule has 3 nitrogen and oxygen atoms in total. The Labute approximate surface area is 105 Å². The van der Waals surface area contributed by atoms with Crippen molar-refractivity contribution in [2.24, 2.45) is 11.8 Å². The molecule has 1 aromatic heterocycles. The number of hydrogen-bond donors (Lipinski definition) is 1. The van der Waals surface area contributed by atoms with Gasteiger partial charge in [-0.3, -0.25) is 0 Å². The highest BCUT2D eigenvalue weighted by atomic mass is 15.1. The summed E-state index contributed by atoms with van der Waals surface area (Å²) in [5, 5.41) is 3.72. The molecule has 0 amide bonds. The molecule has 0 bridgehead atoms. The van der Waals surface area contributed by atoms with Gasteiger partial charge in [0, 0.05) is 31.4 Å². The third-order valence-electron chi connectivity index (χ3n) is 3.96. The molecule has 0 aromatic carbocycles. The zero-order chi connectivity index (χ0) is 12.3. The molecule has 0 fully saturated rings. The molecule has 1 N–H and O–H groups in total. The number of aromatic nitrogens is 2. The topological polar surface area (TPSA) is 29.9 Å². The molecular weight excluding hydrogens is 210 g/mol. The fourth-order valence-electron chi connectivity index (χ4n) is 2.76. The van der Waals surface area contributed by atoms with Crippen LogP contribution in [0.5, 0.6) is 0 Å². The lowest BCUT2D eigenvalue weighted by molar-refractivity contribution is 0.314. The number of aryl methyl sites for hydroxylation is 1. The Morgan fingerprint density at radius 2 is 2.35 bits per heavy atom. The molecule has 2 unspecified atom stereocenters. The van der Waals surface area contributed by atoms with Crippen molar-refractivity contribution in [2.75, 3.05) is 6.54 Å². The van der Waals surface area contributed by atoms with Crippen LogP contribution in [0.25, 0.3) is 0 Å². The van der Waals surface area contributed by atoms with Gasteiger partial charge in [-0.2, -0.15) is 0 Å². The Balaban J connectivity index is 1.82. The van der Waals surface area contributed by atoms with Crippen molar-refractivity contribution >= 4 is 0 Å². The second kappa shape index (κ2) is 5.67. The first-order chi connectivity index (χ1) is 8.20. The number of fused-ring (bicyclic) bond motifs is 1. The summed E-state index contributed by atoms with van der Waals surface area (Å²) in [7, 11) is 0. The van der Waals surface area contributed by atoms with E-state index in [9.17, 15) is 0 Å². The lowest BCUT2D eigenvalue weighted by Gasteiger charge is -2.27. The van der Waals surface area contributed by atoms with E-state index < -0.39 is 0 Å². The van der Waals surface area contributed by atoms with E-state index in [-0.39, 0.29) is 0 Å². The van der Waals surface area contributed by atoms with Crippen LogP contribution in [0.2, 0.25) is 0 Å². The van der Waals surface area contributed by atoms with Crippen LogP contribution < -0.4 is 5.32 Å². The molecule has 96 valence electrons. The first-order valence-electron chi connectivity index (χ1n) is 6.94. The normalized spacial score (nSPS) is 21.5. The lowest BCUT2D eigenvalue weighted by Crippen LogP contribution is -2.38. The van der Waals surface area contributed by atoms with Crippen LogP contribution in [0.3, 0.4) is 0 Å². The Morgan fingerprint density at radius 1 is 1.53 bits per heavy atom. The van der Waals surface area contributed by atoms with Gasteiger partial charge in [-0.15, -0.1) is 0 Å². The molecule has 17 heavy (non-hydrogen) atoms. The van der Waals surface area contributed by atoms with Crippen LogP contribution in [-0.2, 0) is 13.0 Å². The molecule has 0 saturated heterocycles. The third kappa shape index (κ3) is 3.09. The molecule has 3 heteroatoms. The Hall–Kier alpha value is -0.830. The van der Waals surface area contributed by atoms with E-state index in [1.807, 2.05) is 6.20 Å². The van der Waals surface area contributed by atoms with Gasteiger partial charge in [0.15, 0.2) is 0 Å². The summed E-state index contributed by atoms with van der Waals surface area (Å²) < 4.78 is 2.29. The number of hydrogen-bond acceptors (Lipinski definition) is 2.